The zero-order valence-corrected chi connectivity index (χ0v) is 40.3. The lowest BCUT2D eigenvalue weighted by atomic mass is 9.99. The number of carbonyl (C=O) groups is 9. The average Bonchev–Trinajstić information content (AvgIpc) is 3.25. The van der Waals surface area contributed by atoms with E-state index in [0.29, 0.717) is 11.1 Å². The molecular formula is C48H73N9O10. The summed E-state index contributed by atoms with van der Waals surface area (Å²) in [6.07, 6.45) is 0.613. The van der Waals surface area contributed by atoms with Gasteiger partial charge in [-0.1, -0.05) is 116 Å². The molecule has 0 spiro atoms. The maximum atomic E-state index is 14.1. The van der Waals surface area contributed by atoms with Crippen molar-refractivity contribution in [3.8, 4) is 0 Å². The monoisotopic (exact) mass is 936 g/mol. The van der Waals surface area contributed by atoms with Crippen LogP contribution in [0.1, 0.15) is 92.7 Å². The summed E-state index contributed by atoms with van der Waals surface area (Å²) in [5, 5.41) is 30.4. The van der Waals surface area contributed by atoms with Gasteiger partial charge in [0.25, 0.3) is 0 Å². The van der Waals surface area contributed by atoms with Crippen molar-refractivity contribution in [3.63, 3.8) is 0 Å². The van der Waals surface area contributed by atoms with Gasteiger partial charge in [0.1, 0.15) is 36.3 Å². The second-order valence-corrected chi connectivity index (χ2v) is 18.5. The van der Waals surface area contributed by atoms with E-state index >= 15 is 0 Å². The zero-order valence-electron chi connectivity index (χ0n) is 40.3. The summed E-state index contributed by atoms with van der Waals surface area (Å²) in [6.45, 7) is 14.9. The minimum absolute atomic E-state index is 0.00228. The Labute approximate surface area is 394 Å². The first-order valence-electron chi connectivity index (χ1n) is 22.9. The third kappa shape index (κ3) is 21.7. The van der Waals surface area contributed by atoms with Gasteiger partial charge in [0.15, 0.2) is 0 Å². The third-order valence-electron chi connectivity index (χ3n) is 10.5. The predicted octanol–water partition coefficient (Wildman–Crippen LogP) is 0.839. The number of nitrogens with one attached hydrogen (secondary N) is 8. The lowest BCUT2D eigenvalue weighted by Gasteiger charge is -2.27. The standard InChI is InChI=1S/C48H73N9O10/c1-27(2)20-34(56-47(65)41(49)30(7)8)43(61)52-31(9)42(60)51-25-39(58)50-26-40(59)53-36(23-32-16-12-10-13-17-32)45(63)55-37(24-33-18-14-11-15-19-33)46(64)54-35(21-28(3)4)44(62)57-38(48(66)67)22-29(5)6/h10-19,27-31,34-38,41H,20-26,49H2,1-9H3,(H,50,58)(H,51,60)(H,52,61)(H,53,59)(H,54,64)(H,55,63)(H,56,65)(H,57,62)(H,66,67)/t31-,34-,35-,36-,37-,38-,41-/m0/s1. The molecule has 0 fully saturated rings. The first-order chi connectivity index (χ1) is 31.5. The van der Waals surface area contributed by atoms with Crippen LogP contribution < -0.4 is 48.3 Å². The normalized spacial score (nSPS) is 14.4. The zero-order chi connectivity index (χ0) is 50.4. The summed E-state index contributed by atoms with van der Waals surface area (Å²) < 4.78 is 0. The largest absolute Gasteiger partial charge is 0.480 e. The van der Waals surface area contributed by atoms with Crippen LogP contribution in [0.4, 0.5) is 0 Å². The molecule has 67 heavy (non-hydrogen) atoms. The molecule has 19 heteroatoms. The molecule has 8 amide bonds. The summed E-state index contributed by atoms with van der Waals surface area (Å²) in [5.74, 6) is -6.95. The molecule has 370 valence electrons. The lowest BCUT2D eigenvalue weighted by molar-refractivity contribution is -0.143. The highest BCUT2D eigenvalue weighted by Gasteiger charge is 2.33. The van der Waals surface area contributed by atoms with Crippen LogP contribution in [0.3, 0.4) is 0 Å². The molecule has 0 saturated heterocycles. The van der Waals surface area contributed by atoms with Gasteiger partial charge < -0.3 is 53.4 Å². The quantitative estimate of drug-likeness (QED) is 0.0571. The van der Waals surface area contributed by atoms with E-state index in [-0.39, 0.29) is 55.8 Å². The Morgan fingerprint density at radius 3 is 1.27 bits per heavy atom. The molecule has 2 aromatic rings. The molecule has 0 heterocycles. The molecule has 0 aromatic heterocycles. The second kappa shape index (κ2) is 28.6. The summed E-state index contributed by atoms with van der Waals surface area (Å²) in [4.78, 5) is 118. The molecule has 7 atom stereocenters. The smallest absolute Gasteiger partial charge is 0.326 e. The van der Waals surface area contributed by atoms with Crippen molar-refractivity contribution in [3.05, 3.63) is 71.8 Å². The van der Waals surface area contributed by atoms with Crippen LogP contribution >= 0.6 is 0 Å². The van der Waals surface area contributed by atoms with E-state index < -0.39 is 109 Å². The first kappa shape index (κ1) is 56.8. The van der Waals surface area contributed by atoms with Gasteiger partial charge in [-0.25, -0.2) is 4.79 Å². The number of hydrogen-bond acceptors (Lipinski definition) is 10. The van der Waals surface area contributed by atoms with E-state index in [0.717, 1.165) is 0 Å². The topological polar surface area (TPSA) is 296 Å². The molecule has 19 nitrogen and oxygen atoms in total. The molecule has 0 aliphatic heterocycles. The van der Waals surface area contributed by atoms with Gasteiger partial charge in [-0.3, -0.25) is 38.4 Å². The third-order valence-corrected chi connectivity index (χ3v) is 10.5. The fourth-order valence-electron chi connectivity index (χ4n) is 6.79. The van der Waals surface area contributed by atoms with Gasteiger partial charge >= 0.3 is 5.97 Å². The van der Waals surface area contributed by atoms with E-state index in [9.17, 15) is 48.3 Å². The van der Waals surface area contributed by atoms with Crippen molar-refractivity contribution in [1.29, 1.82) is 0 Å². The van der Waals surface area contributed by atoms with E-state index in [4.69, 9.17) is 5.73 Å². The van der Waals surface area contributed by atoms with Gasteiger partial charge in [0.2, 0.25) is 47.3 Å². The molecular weight excluding hydrogens is 863 g/mol. The van der Waals surface area contributed by atoms with E-state index in [1.807, 2.05) is 41.5 Å². The highest BCUT2D eigenvalue weighted by atomic mass is 16.4. The van der Waals surface area contributed by atoms with Crippen molar-refractivity contribution in [2.24, 2.45) is 29.4 Å². The highest BCUT2D eigenvalue weighted by molar-refractivity contribution is 5.97. The number of rotatable bonds is 28. The average molecular weight is 936 g/mol. The number of benzene rings is 2. The molecule has 2 rings (SSSR count). The number of hydrogen-bond donors (Lipinski definition) is 10. The van der Waals surface area contributed by atoms with Gasteiger partial charge in [0, 0.05) is 12.8 Å². The fraction of sp³-hybridized carbons (Fsp3) is 0.562. The Balaban J connectivity index is 2.18. The van der Waals surface area contributed by atoms with Crippen LogP contribution in [0.15, 0.2) is 60.7 Å². The van der Waals surface area contributed by atoms with Gasteiger partial charge in [-0.2, -0.15) is 0 Å². The second-order valence-electron chi connectivity index (χ2n) is 18.5. The lowest BCUT2D eigenvalue weighted by Crippen LogP contribution is -2.59. The summed E-state index contributed by atoms with van der Waals surface area (Å²) in [6, 6.07) is 9.88. The fourth-order valence-corrected chi connectivity index (χ4v) is 6.79. The van der Waals surface area contributed by atoms with Crippen molar-refractivity contribution < 1.29 is 48.3 Å². The molecule has 0 aliphatic rings. The van der Waals surface area contributed by atoms with Crippen molar-refractivity contribution in [2.45, 2.75) is 137 Å². The number of carboxylic acid groups (broad SMARTS) is 1. The molecule has 0 saturated carbocycles. The first-order valence-corrected chi connectivity index (χ1v) is 22.9. The SMILES string of the molecule is CC(C)C[C@H](NC(=O)[C@H](CC(C)C)NC(=O)[C@H](Cc1ccccc1)NC(=O)[C@H](Cc1ccccc1)NC(=O)CNC(=O)CNC(=O)[C@H](C)NC(=O)[C@H](CC(C)C)NC(=O)[C@@H](N)C(C)C)C(=O)O. The maximum absolute atomic E-state index is 14.1. The van der Waals surface area contributed by atoms with Crippen molar-refractivity contribution in [1.82, 2.24) is 42.5 Å². The predicted molar refractivity (Wildman–Crippen MR) is 252 cm³/mol. The number of amides is 8. The van der Waals surface area contributed by atoms with Crippen LogP contribution in [0.5, 0.6) is 0 Å². The van der Waals surface area contributed by atoms with E-state index in [1.165, 1.54) is 6.92 Å². The highest BCUT2D eigenvalue weighted by Crippen LogP contribution is 2.12. The molecule has 2 aromatic carbocycles. The van der Waals surface area contributed by atoms with Crippen molar-refractivity contribution in [2.75, 3.05) is 13.1 Å². The van der Waals surface area contributed by atoms with E-state index in [1.54, 1.807) is 74.5 Å². The van der Waals surface area contributed by atoms with Crippen LogP contribution in [0, 0.1) is 23.7 Å². The Bertz CT molecular complexity index is 1960. The Kier molecular flexibility index (Phi) is 24.2. The minimum atomic E-state index is -1.26. The number of nitrogens with two attached hydrogens (primary N) is 1. The van der Waals surface area contributed by atoms with Crippen LogP contribution in [0.25, 0.3) is 0 Å². The Morgan fingerprint density at radius 1 is 0.448 bits per heavy atom. The number of carbonyl (C=O) groups excluding carboxylic acids is 8. The van der Waals surface area contributed by atoms with Crippen molar-refractivity contribution >= 4 is 53.2 Å². The van der Waals surface area contributed by atoms with E-state index in [2.05, 4.69) is 42.5 Å². The van der Waals surface area contributed by atoms with Gasteiger partial charge in [-0.05, 0) is 61.0 Å². The summed E-state index contributed by atoms with van der Waals surface area (Å²) >= 11 is 0. The van der Waals surface area contributed by atoms with Crippen LogP contribution in [-0.4, -0.2) is 114 Å². The Morgan fingerprint density at radius 2 is 0.821 bits per heavy atom. The summed E-state index contributed by atoms with van der Waals surface area (Å²) in [5.41, 5.74) is 7.30. The minimum Gasteiger partial charge on any atom is -0.480 e. The van der Waals surface area contributed by atoms with Crippen LogP contribution in [-0.2, 0) is 56.0 Å². The molecule has 0 bridgehead atoms. The molecule has 0 unspecified atom stereocenters. The number of aliphatic carboxylic acids is 1. The Hall–Kier alpha value is -6.37. The van der Waals surface area contributed by atoms with Gasteiger partial charge in [-0.15, -0.1) is 0 Å². The summed E-state index contributed by atoms with van der Waals surface area (Å²) in [7, 11) is 0. The maximum Gasteiger partial charge on any atom is 0.326 e. The molecule has 0 radical (unpaired) electrons. The van der Waals surface area contributed by atoms with Crippen LogP contribution in [0.2, 0.25) is 0 Å². The van der Waals surface area contributed by atoms with Gasteiger partial charge in [0.05, 0.1) is 19.1 Å². The molecule has 11 N–H and O–H groups in total. The number of carboxylic acids is 1. The molecule has 0 aliphatic carbocycles.